The highest BCUT2D eigenvalue weighted by atomic mass is 16.5. The Morgan fingerprint density at radius 3 is 2.77 bits per heavy atom. The van der Waals surface area contributed by atoms with Crippen molar-refractivity contribution in [3.63, 3.8) is 0 Å². The number of anilines is 2. The van der Waals surface area contributed by atoms with Crippen molar-refractivity contribution in [1.82, 2.24) is 14.4 Å². The first-order valence-corrected chi connectivity index (χ1v) is 9.71. The van der Waals surface area contributed by atoms with Crippen molar-refractivity contribution < 1.29 is 9.53 Å². The SMILES string of the molecule is COc1ccc(-c2nc3cnccn3c2NCCC(=O)Nc2cccc(C)c2)cc1. The smallest absolute Gasteiger partial charge is 0.226 e. The fourth-order valence-electron chi connectivity index (χ4n) is 3.27. The van der Waals surface area contributed by atoms with E-state index in [1.165, 1.54) is 0 Å². The van der Waals surface area contributed by atoms with Gasteiger partial charge in [0, 0.05) is 36.6 Å². The van der Waals surface area contributed by atoms with Gasteiger partial charge in [-0.1, -0.05) is 12.1 Å². The van der Waals surface area contributed by atoms with Crippen molar-refractivity contribution in [2.24, 2.45) is 0 Å². The van der Waals surface area contributed by atoms with Crippen LogP contribution in [-0.2, 0) is 4.79 Å². The first kappa shape index (κ1) is 19.4. The van der Waals surface area contributed by atoms with Crippen molar-refractivity contribution in [3.05, 3.63) is 72.7 Å². The molecule has 0 unspecified atom stereocenters. The van der Waals surface area contributed by atoms with E-state index in [1.807, 2.05) is 66.1 Å². The molecule has 152 valence electrons. The van der Waals surface area contributed by atoms with Gasteiger partial charge in [0.25, 0.3) is 0 Å². The molecule has 1 amide bonds. The van der Waals surface area contributed by atoms with E-state index in [2.05, 4.69) is 15.6 Å². The molecule has 0 bridgehead atoms. The molecule has 2 N–H and O–H groups in total. The maximum absolute atomic E-state index is 12.3. The summed E-state index contributed by atoms with van der Waals surface area (Å²) in [4.78, 5) is 21.2. The molecular weight excluding hydrogens is 378 g/mol. The summed E-state index contributed by atoms with van der Waals surface area (Å²) in [5.41, 5.74) is 4.39. The third kappa shape index (κ3) is 4.25. The van der Waals surface area contributed by atoms with Crippen LogP contribution in [0.15, 0.2) is 67.1 Å². The van der Waals surface area contributed by atoms with E-state index >= 15 is 0 Å². The number of benzene rings is 2. The van der Waals surface area contributed by atoms with Gasteiger partial charge in [-0.15, -0.1) is 0 Å². The van der Waals surface area contributed by atoms with E-state index < -0.39 is 0 Å². The average molecular weight is 401 g/mol. The lowest BCUT2D eigenvalue weighted by molar-refractivity contribution is -0.115. The van der Waals surface area contributed by atoms with Crippen LogP contribution in [0.25, 0.3) is 16.9 Å². The molecule has 0 saturated heterocycles. The lowest BCUT2D eigenvalue weighted by Gasteiger charge is -2.10. The standard InChI is InChI=1S/C23H23N5O2/c1-16-4-3-5-18(14-16)26-21(29)10-11-25-23-22(17-6-8-19(30-2)9-7-17)27-20-15-24-12-13-28(20)23/h3-9,12-15,25H,10-11H2,1-2H3,(H,26,29). The second-order valence-corrected chi connectivity index (χ2v) is 6.94. The third-order valence-electron chi connectivity index (χ3n) is 4.74. The van der Waals surface area contributed by atoms with Crippen LogP contribution in [0.4, 0.5) is 11.5 Å². The Hall–Kier alpha value is -3.87. The second-order valence-electron chi connectivity index (χ2n) is 6.94. The average Bonchev–Trinajstić information content (AvgIpc) is 3.12. The Labute approximate surface area is 174 Å². The van der Waals surface area contributed by atoms with Gasteiger partial charge in [-0.2, -0.15) is 0 Å². The summed E-state index contributed by atoms with van der Waals surface area (Å²) in [7, 11) is 1.64. The van der Waals surface area contributed by atoms with Gasteiger partial charge in [-0.05, 0) is 48.9 Å². The number of nitrogens with one attached hydrogen (secondary N) is 2. The Balaban J connectivity index is 1.50. The molecule has 0 saturated carbocycles. The maximum atomic E-state index is 12.3. The summed E-state index contributed by atoms with van der Waals surface area (Å²) >= 11 is 0. The largest absolute Gasteiger partial charge is 0.497 e. The van der Waals surface area contributed by atoms with Crippen LogP contribution in [0.1, 0.15) is 12.0 Å². The van der Waals surface area contributed by atoms with Gasteiger partial charge in [0.2, 0.25) is 5.91 Å². The maximum Gasteiger partial charge on any atom is 0.226 e. The first-order chi connectivity index (χ1) is 14.6. The highest BCUT2D eigenvalue weighted by molar-refractivity contribution is 5.91. The van der Waals surface area contributed by atoms with Gasteiger partial charge < -0.3 is 15.4 Å². The number of imidazole rings is 1. The lowest BCUT2D eigenvalue weighted by atomic mass is 10.1. The van der Waals surface area contributed by atoms with Gasteiger partial charge >= 0.3 is 0 Å². The number of aromatic nitrogens is 3. The number of amides is 1. The van der Waals surface area contributed by atoms with Gasteiger partial charge in [0.05, 0.1) is 13.3 Å². The third-order valence-corrected chi connectivity index (χ3v) is 4.74. The van der Waals surface area contributed by atoms with Crippen LogP contribution in [0.5, 0.6) is 5.75 Å². The Kier molecular flexibility index (Phi) is 5.61. The van der Waals surface area contributed by atoms with Gasteiger partial charge in [-0.3, -0.25) is 14.2 Å². The normalized spacial score (nSPS) is 10.7. The molecular formula is C23H23N5O2. The zero-order valence-electron chi connectivity index (χ0n) is 16.9. The predicted octanol–water partition coefficient (Wildman–Crippen LogP) is 4.15. The predicted molar refractivity (Wildman–Crippen MR) is 118 cm³/mol. The van der Waals surface area contributed by atoms with Crippen molar-refractivity contribution in [2.45, 2.75) is 13.3 Å². The number of carbonyl (C=O) groups is 1. The summed E-state index contributed by atoms with van der Waals surface area (Å²) < 4.78 is 7.18. The fraction of sp³-hybridized carbons (Fsp3) is 0.174. The lowest BCUT2D eigenvalue weighted by Crippen LogP contribution is -2.17. The fourth-order valence-corrected chi connectivity index (χ4v) is 3.27. The number of aryl methyl sites for hydroxylation is 1. The molecule has 7 nitrogen and oxygen atoms in total. The molecule has 4 rings (SSSR count). The Morgan fingerprint density at radius 2 is 2.00 bits per heavy atom. The number of hydrogen-bond acceptors (Lipinski definition) is 5. The second kappa shape index (κ2) is 8.65. The van der Waals surface area contributed by atoms with Crippen LogP contribution in [0.2, 0.25) is 0 Å². The number of fused-ring (bicyclic) bond motifs is 1. The molecule has 0 radical (unpaired) electrons. The molecule has 0 atom stereocenters. The minimum Gasteiger partial charge on any atom is -0.497 e. The van der Waals surface area contributed by atoms with E-state index in [9.17, 15) is 4.79 Å². The van der Waals surface area contributed by atoms with Crippen molar-refractivity contribution in [2.75, 3.05) is 24.3 Å². The summed E-state index contributed by atoms with van der Waals surface area (Å²) in [6.07, 6.45) is 5.60. The molecule has 0 fully saturated rings. The van der Waals surface area contributed by atoms with Crippen molar-refractivity contribution in [1.29, 1.82) is 0 Å². The van der Waals surface area contributed by atoms with E-state index in [-0.39, 0.29) is 5.91 Å². The van der Waals surface area contributed by atoms with Crippen molar-refractivity contribution in [3.8, 4) is 17.0 Å². The minimum atomic E-state index is -0.0467. The van der Waals surface area contributed by atoms with E-state index in [0.29, 0.717) is 13.0 Å². The monoisotopic (exact) mass is 401 g/mol. The molecule has 0 aliphatic rings. The van der Waals surface area contributed by atoms with Crippen LogP contribution < -0.4 is 15.4 Å². The van der Waals surface area contributed by atoms with Crippen LogP contribution in [0.3, 0.4) is 0 Å². The molecule has 2 heterocycles. The number of nitrogens with zero attached hydrogens (tertiary/aromatic N) is 3. The highest BCUT2D eigenvalue weighted by Crippen LogP contribution is 2.29. The highest BCUT2D eigenvalue weighted by Gasteiger charge is 2.14. The number of carbonyl (C=O) groups excluding carboxylic acids is 1. The number of rotatable bonds is 7. The Morgan fingerprint density at radius 1 is 1.17 bits per heavy atom. The summed E-state index contributed by atoms with van der Waals surface area (Å²) in [6.45, 7) is 2.47. The molecule has 7 heteroatoms. The topological polar surface area (TPSA) is 80.6 Å². The summed E-state index contributed by atoms with van der Waals surface area (Å²) in [5.74, 6) is 1.56. The van der Waals surface area contributed by atoms with Gasteiger partial charge in [0.15, 0.2) is 5.65 Å². The van der Waals surface area contributed by atoms with Gasteiger partial charge in [0.1, 0.15) is 17.3 Å². The van der Waals surface area contributed by atoms with E-state index in [1.54, 1.807) is 19.5 Å². The molecule has 2 aromatic carbocycles. The summed E-state index contributed by atoms with van der Waals surface area (Å²) in [5, 5.41) is 6.31. The summed E-state index contributed by atoms with van der Waals surface area (Å²) in [6, 6.07) is 15.5. The van der Waals surface area contributed by atoms with E-state index in [4.69, 9.17) is 9.72 Å². The molecule has 30 heavy (non-hydrogen) atoms. The molecule has 0 spiro atoms. The van der Waals surface area contributed by atoms with Gasteiger partial charge in [-0.25, -0.2) is 4.98 Å². The number of methoxy groups -OCH3 is 1. The zero-order chi connectivity index (χ0) is 20.9. The minimum absolute atomic E-state index is 0.0467. The first-order valence-electron chi connectivity index (χ1n) is 9.71. The molecule has 4 aromatic rings. The van der Waals surface area contributed by atoms with E-state index in [0.717, 1.165) is 39.7 Å². The molecule has 0 aliphatic heterocycles. The Bertz CT molecular complexity index is 1170. The van der Waals surface area contributed by atoms with Crippen LogP contribution in [-0.4, -0.2) is 33.9 Å². The molecule has 2 aromatic heterocycles. The van der Waals surface area contributed by atoms with Crippen LogP contribution in [0, 0.1) is 6.92 Å². The number of ether oxygens (including phenoxy) is 1. The zero-order valence-corrected chi connectivity index (χ0v) is 16.9. The van der Waals surface area contributed by atoms with Crippen LogP contribution >= 0.6 is 0 Å². The molecule has 0 aliphatic carbocycles. The number of hydrogen-bond donors (Lipinski definition) is 2. The van der Waals surface area contributed by atoms with Crippen molar-refractivity contribution >= 4 is 23.1 Å². The quantitative estimate of drug-likeness (QED) is 0.486.